The number of ether oxygens (including phenoxy) is 1. The molecule has 1 aromatic rings. The molecule has 3 atom stereocenters. The van der Waals surface area contributed by atoms with Gasteiger partial charge in [0.05, 0.1) is 18.8 Å². The minimum Gasteiger partial charge on any atom is -0.496 e. The van der Waals surface area contributed by atoms with E-state index in [2.05, 4.69) is 18.7 Å². The van der Waals surface area contributed by atoms with Gasteiger partial charge in [0.2, 0.25) is 0 Å². The largest absolute Gasteiger partial charge is 0.496 e. The van der Waals surface area contributed by atoms with E-state index in [9.17, 15) is 9.90 Å². The number of aldehydes is 1. The van der Waals surface area contributed by atoms with E-state index in [4.69, 9.17) is 4.74 Å². The van der Waals surface area contributed by atoms with Crippen LogP contribution in [-0.2, 0) is 6.42 Å². The molecule has 0 aromatic heterocycles. The minimum absolute atomic E-state index is 0.242. The van der Waals surface area contributed by atoms with Crippen LogP contribution >= 0.6 is 0 Å². The van der Waals surface area contributed by atoms with Gasteiger partial charge in [-0.15, -0.1) is 0 Å². The minimum atomic E-state index is -0.249. The van der Waals surface area contributed by atoms with Gasteiger partial charge in [0.1, 0.15) is 5.75 Å². The summed E-state index contributed by atoms with van der Waals surface area (Å²) >= 11 is 0. The zero-order valence-electron chi connectivity index (χ0n) is 14.3. The monoisotopic (exact) mass is 317 g/mol. The molecule has 0 spiro atoms. The second-order valence-electron chi connectivity index (χ2n) is 7.36. The number of aliphatic hydroxyl groups excluding tert-OH is 1. The molecule has 4 nitrogen and oxygen atoms in total. The smallest absolute Gasteiger partial charge is 0.153 e. The standard InChI is InChI=1S/C19H27NO3/c1-12(2)6-14-10-20-5-4-13-7-15(11-21)19(23-3)8-16(13)17(20)9-18(14)22/h7-8,11-12,14,17-18,22H,4-6,9-10H2,1-3H3/t14?,17-,18+/m0/s1. The van der Waals surface area contributed by atoms with Crippen LogP contribution in [0.2, 0.25) is 0 Å². The fourth-order valence-corrected chi connectivity index (χ4v) is 4.25. The first-order valence-electron chi connectivity index (χ1n) is 8.61. The molecule has 1 saturated heterocycles. The van der Waals surface area contributed by atoms with E-state index in [0.29, 0.717) is 23.1 Å². The summed E-state index contributed by atoms with van der Waals surface area (Å²) in [5.41, 5.74) is 3.07. The highest BCUT2D eigenvalue weighted by Gasteiger charge is 2.38. The van der Waals surface area contributed by atoms with Crippen LogP contribution in [0.5, 0.6) is 5.75 Å². The second kappa shape index (κ2) is 6.62. The van der Waals surface area contributed by atoms with Gasteiger partial charge in [-0.3, -0.25) is 9.69 Å². The van der Waals surface area contributed by atoms with Gasteiger partial charge in [0.25, 0.3) is 0 Å². The maximum absolute atomic E-state index is 11.2. The van der Waals surface area contributed by atoms with Crippen molar-refractivity contribution >= 4 is 6.29 Å². The summed E-state index contributed by atoms with van der Waals surface area (Å²) in [5.74, 6) is 1.61. The van der Waals surface area contributed by atoms with Crippen molar-refractivity contribution in [1.29, 1.82) is 0 Å². The molecule has 126 valence electrons. The number of carbonyl (C=O) groups excluding carboxylic acids is 1. The van der Waals surface area contributed by atoms with Crippen molar-refractivity contribution in [2.24, 2.45) is 11.8 Å². The van der Waals surface area contributed by atoms with E-state index in [0.717, 1.165) is 38.6 Å². The van der Waals surface area contributed by atoms with Crippen LogP contribution in [0.15, 0.2) is 12.1 Å². The van der Waals surface area contributed by atoms with Crippen molar-refractivity contribution in [2.75, 3.05) is 20.2 Å². The predicted molar refractivity (Wildman–Crippen MR) is 90.0 cm³/mol. The number of fused-ring (bicyclic) bond motifs is 3. The van der Waals surface area contributed by atoms with Crippen LogP contribution < -0.4 is 4.74 Å². The lowest BCUT2D eigenvalue weighted by Crippen LogP contribution is -2.48. The van der Waals surface area contributed by atoms with Gasteiger partial charge in [-0.2, -0.15) is 0 Å². The van der Waals surface area contributed by atoms with Gasteiger partial charge in [0, 0.05) is 19.1 Å². The summed E-state index contributed by atoms with van der Waals surface area (Å²) < 4.78 is 5.37. The molecule has 23 heavy (non-hydrogen) atoms. The molecule has 3 rings (SSSR count). The summed E-state index contributed by atoms with van der Waals surface area (Å²) in [4.78, 5) is 13.7. The van der Waals surface area contributed by atoms with E-state index >= 15 is 0 Å². The Balaban J connectivity index is 1.88. The van der Waals surface area contributed by atoms with E-state index < -0.39 is 0 Å². The summed E-state index contributed by atoms with van der Waals surface area (Å²) in [5, 5.41) is 10.6. The van der Waals surface area contributed by atoms with E-state index in [1.165, 1.54) is 11.1 Å². The zero-order chi connectivity index (χ0) is 16.6. The van der Waals surface area contributed by atoms with Crippen molar-refractivity contribution in [3.8, 4) is 5.75 Å². The molecule has 2 aliphatic rings. The molecule has 1 aromatic carbocycles. The van der Waals surface area contributed by atoms with Crippen LogP contribution in [0.1, 0.15) is 54.2 Å². The van der Waals surface area contributed by atoms with Gasteiger partial charge in [0.15, 0.2) is 6.29 Å². The fraction of sp³-hybridized carbons (Fsp3) is 0.632. The Kier molecular flexibility index (Phi) is 4.74. The normalized spacial score (nSPS) is 27.4. The molecule has 0 amide bonds. The Morgan fingerprint density at radius 3 is 2.87 bits per heavy atom. The Labute approximate surface area is 138 Å². The highest BCUT2D eigenvalue weighted by molar-refractivity contribution is 5.80. The maximum Gasteiger partial charge on any atom is 0.153 e. The molecule has 0 saturated carbocycles. The number of rotatable bonds is 4. The number of nitrogens with zero attached hydrogens (tertiary/aromatic N) is 1. The zero-order valence-corrected chi connectivity index (χ0v) is 14.3. The number of carbonyl (C=O) groups is 1. The van der Waals surface area contributed by atoms with Crippen molar-refractivity contribution < 1.29 is 14.6 Å². The third-order valence-corrected chi connectivity index (χ3v) is 5.34. The fourth-order valence-electron chi connectivity index (χ4n) is 4.25. The summed E-state index contributed by atoms with van der Waals surface area (Å²) in [7, 11) is 1.60. The number of piperidine rings is 1. The average Bonchev–Trinajstić information content (AvgIpc) is 2.53. The van der Waals surface area contributed by atoms with Crippen molar-refractivity contribution in [1.82, 2.24) is 4.90 Å². The number of hydrogen-bond donors (Lipinski definition) is 1. The highest BCUT2D eigenvalue weighted by atomic mass is 16.5. The lowest BCUT2D eigenvalue weighted by Gasteiger charge is -2.46. The van der Waals surface area contributed by atoms with Crippen molar-refractivity contribution in [3.63, 3.8) is 0 Å². The molecule has 0 aliphatic carbocycles. The quantitative estimate of drug-likeness (QED) is 0.868. The van der Waals surface area contributed by atoms with Gasteiger partial charge in [-0.05, 0) is 54.4 Å². The molecule has 1 fully saturated rings. The molecule has 2 heterocycles. The van der Waals surface area contributed by atoms with Gasteiger partial charge in [-0.25, -0.2) is 0 Å². The molecule has 4 heteroatoms. The maximum atomic E-state index is 11.2. The Morgan fingerprint density at radius 1 is 1.43 bits per heavy atom. The van der Waals surface area contributed by atoms with E-state index in [1.54, 1.807) is 7.11 Å². The van der Waals surface area contributed by atoms with E-state index in [1.807, 2.05) is 12.1 Å². The first-order valence-corrected chi connectivity index (χ1v) is 8.61. The van der Waals surface area contributed by atoms with Gasteiger partial charge >= 0.3 is 0 Å². The Bertz CT molecular complexity index is 584. The summed E-state index contributed by atoms with van der Waals surface area (Å²) in [6.07, 6.45) is 3.42. The molecule has 0 radical (unpaired) electrons. The van der Waals surface area contributed by atoms with Gasteiger partial charge < -0.3 is 9.84 Å². The van der Waals surface area contributed by atoms with Crippen LogP contribution in [0.4, 0.5) is 0 Å². The summed E-state index contributed by atoms with van der Waals surface area (Å²) in [6.45, 7) is 6.40. The Morgan fingerprint density at radius 2 is 2.22 bits per heavy atom. The molecule has 0 bridgehead atoms. The molecule has 1 unspecified atom stereocenters. The molecular weight excluding hydrogens is 290 g/mol. The molecule has 2 aliphatic heterocycles. The Hall–Kier alpha value is -1.39. The first-order chi connectivity index (χ1) is 11.0. The van der Waals surface area contributed by atoms with Gasteiger partial charge in [-0.1, -0.05) is 13.8 Å². The number of hydrogen-bond acceptors (Lipinski definition) is 4. The van der Waals surface area contributed by atoms with Crippen LogP contribution in [0.25, 0.3) is 0 Å². The average molecular weight is 317 g/mol. The molecule has 1 N–H and O–H groups in total. The van der Waals surface area contributed by atoms with Crippen LogP contribution in [0, 0.1) is 11.8 Å². The topological polar surface area (TPSA) is 49.8 Å². The van der Waals surface area contributed by atoms with Crippen LogP contribution in [-0.4, -0.2) is 42.6 Å². The van der Waals surface area contributed by atoms with Crippen molar-refractivity contribution in [3.05, 3.63) is 28.8 Å². The number of aliphatic hydroxyl groups is 1. The third kappa shape index (κ3) is 3.15. The lowest BCUT2D eigenvalue weighted by molar-refractivity contribution is -0.0191. The second-order valence-corrected chi connectivity index (χ2v) is 7.36. The highest BCUT2D eigenvalue weighted by Crippen LogP contribution is 2.41. The SMILES string of the molecule is COc1cc2c(cc1C=O)CCN1CC(CC(C)C)[C@H](O)C[C@@H]21. The van der Waals surface area contributed by atoms with Crippen molar-refractivity contribution in [2.45, 2.75) is 45.3 Å². The first kappa shape index (κ1) is 16.5. The third-order valence-electron chi connectivity index (χ3n) is 5.34. The predicted octanol–water partition coefficient (Wildman–Crippen LogP) is 2.83. The summed E-state index contributed by atoms with van der Waals surface area (Å²) in [6, 6.07) is 4.21. The lowest BCUT2D eigenvalue weighted by atomic mass is 9.79. The van der Waals surface area contributed by atoms with Crippen LogP contribution in [0.3, 0.4) is 0 Å². The molecular formula is C19H27NO3. The van der Waals surface area contributed by atoms with E-state index in [-0.39, 0.29) is 12.1 Å². The number of methoxy groups -OCH3 is 1. The number of benzene rings is 1.